The Morgan fingerprint density at radius 3 is 2.57 bits per heavy atom. The van der Waals surface area contributed by atoms with Crippen molar-refractivity contribution >= 4 is 40.7 Å². The summed E-state index contributed by atoms with van der Waals surface area (Å²) in [5, 5.41) is 12.3. The van der Waals surface area contributed by atoms with E-state index in [-0.39, 0.29) is 24.1 Å². The number of amides is 1. The number of carbonyl (C=O) groups is 2. The van der Waals surface area contributed by atoms with E-state index in [9.17, 15) is 9.59 Å². The van der Waals surface area contributed by atoms with Gasteiger partial charge >= 0.3 is 0 Å². The van der Waals surface area contributed by atoms with Crippen molar-refractivity contribution in [2.75, 3.05) is 11.1 Å². The highest BCUT2D eigenvalue weighted by Gasteiger charge is 2.13. The maximum absolute atomic E-state index is 12.2. The van der Waals surface area contributed by atoms with E-state index < -0.39 is 0 Å². The highest BCUT2D eigenvalue weighted by Crippen LogP contribution is 2.23. The van der Waals surface area contributed by atoms with Gasteiger partial charge in [0.2, 0.25) is 5.91 Å². The van der Waals surface area contributed by atoms with Crippen molar-refractivity contribution in [2.45, 2.75) is 25.6 Å². The molecular weight excluding hydrogens is 424 g/mol. The summed E-state index contributed by atoms with van der Waals surface area (Å²) in [6.07, 6.45) is 0. The number of carbonyl (C=O) groups excluding carboxylic acids is 2. The van der Waals surface area contributed by atoms with Gasteiger partial charge in [-0.1, -0.05) is 23.4 Å². The fourth-order valence-electron chi connectivity index (χ4n) is 2.63. The van der Waals surface area contributed by atoms with Crippen LogP contribution < -0.4 is 10.1 Å². The molecule has 0 radical (unpaired) electrons. The number of hydrogen-bond donors (Lipinski definition) is 1. The Bertz CT molecular complexity index is 1070. The molecule has 1 N–H and O–H groups in total. The van der Waals surface area contributed by atoms with Crippen LogP contribution in [0.4, 0.5) is 5.69 Å². The number of benzene rings is 2. The lowest BCUT2D eigenvalue weighted by atomic mass is 10.1. The first-order valence-corrected chi connectivity index (χ1v) is 10.5. The van der Waals surface area contributed by atoms with E-state index in [1.165, 1.54) is 18.7 Å². The minimum atomic E-state index is -0.173. The molecule has 0 atom stereocenters. The number of rotatable bonds is 8. The molecule has 0 spiro atoms. The van der Waals surface area contributed by atoms with Crippen LogP contribution in [0.3, 0.4) is 0 Å². The van der Waals surface area contributed by atoms with Gasteiger partial charge in [0.1, 0.15) is 12.4 Å². The molecule has 30 heavy (non-hydrogen) atoms. The Labute approximate surface area is 183 Å². The number of thioether (sulfide) groups is 1. The molecule has 0 aliphatic carbocycles. The lowest BCUT2D eigenvalue weighted by Gasteiger charge is -2.09. The highest BCUT2D eigenvalue weighted by molar-refractivity contribution is 7.99. The number of aromatic nitrogens is 3. The summed E-state index contributed by atoms with van der Waals surface area (Å²) < 4.78 is 7.60. The van der Waals surface area contributed by atoms with Gasteiger partial charge in [-0.15, -0.1) is 10.2 Å². The number of aryl methyl sites for hydroxylation is 1. The van der Waals surface area contributed by atoms with E-state index in [1.807, 2.05) is 26.1 Å². The molecule has 0 fully saturated rings. The van der Waals surface area contributed by atoms with E-state index in [2.05, 4.69) is 15.5 Å². The average molecular weight is 445 g/mol. The Morgan fingerprint density at radius 1 is 1.17 bits per heavy atom. The number of nitrogens with one attached hydrogen (secondary N) is 1. The van der Waals surface area contributed by atoms with Crippen molar-refractivity contribution in [3.8, 4) is 5.75 Å². The maximum atomic E-state index is 12.2. The topological polar surface area (TPSA) is 86.1 Å². The second kappa shape index (κ2) is 9.77. The van der Waals surface area contributed by atoms with Gasteiger partial charge in [0.05, 0.1) is 5.75 Å². The Kier molecular flexibility index (Phi) is 7.12. The van der Waals surface area contributed by atoms with Gasteiger partial charge in [-0.2, -0.15) is 0 Å². The molecule has 7 nitrogen and oxygen atoms in total. The third-order valence-electron chi connectivity index (χ3n) is 4.33. The van der Waals surface area contributed by atoms with E-state index in [0.717, 1.165) is 11.3 Å². The van der Waals surface area contributed by atoms with E-state index in [0.29, 0.717) is 27.3 Å². The van der Waals surface area contributed by atoms with Crippen LogP contribution in [-0.4, -0.2) is 32.2 Å². The Morgan fingerprint density at radius 2 is 1.90 bits per heavy atom. The molecule has 3 aromatic rings. The van der Waals surface area contributed by atoms with Crippen LogP contribution in [0.25, 0.3) is 0 Å². The van der Waals surface area contributed by atoms with Gasteiger partial charge in [0, 0.05) is 23.3 Å². The van der Waals surface area contributed by atoms with Crippen molar-refractivity contribution in [1.82, 2.24) is 14.8 Å². The minimum absolute atomic E-state index is 0.0169. The fraction of sp³-hybridized carbons (Fsp3) is 0.238. The first-order valence-electron chi connectivity index (χ1n) is 9.14. The highest BCUT2D eigenvalue weighted by atomic mass is 35.5. The zero-order valence-corrected chi connectivity index (χ0v) is 18.4. The molecule has 0 saturated heterocycles. The number of ether oxygens (including phenoxy) is 1. The molecule has 0 aliphatic rings. The third-order valence-corrected chi connectivity index (χ3v) is 5.58. The van der Waals surface area contributed by atoms with Crippen LogP contribution in [0.2, 0.25) is 5.02 Å². The van der Waals surface area contributed by atoms with E-state index >= 15 is 0 Å². The Hall–Kier alpha value is -2.84. The number of ketones is 1. The molecule has 1 amide bonds. The molecule has 1 aromatic heterocycles. The van der Waals surface area contributed by atoms with Crippen LogP contribution in [0.1, 0.15) is 28.7 Å². The van der Waals surface area contributed by atoms with Crippen molar-refractivity contribution in [2.24, 2.45) is 7.05 Å². The summed E-state index contributed by atoms with van der Waals surface area (Å²) >= 11 is 7.24. The van der Waals surface area contributed by atoms with Gasteiger partial charge in [-0.05, 0) is 61.9 Å². The Balaban J connectivity index is 1.53. The van der Waals surface area contributed by atoms with E-state index in [1.54, 1.807) is 34.9 Å². The summed E-state index contributed by atoms with van der Waals surface area (Å²) in [7, 11) is 1.83. The lowest BCUT2D eigenvalue weighted by Crippen LogP contribution is -2.14. The zero-order chi connectivity index (χ0) is 21.7. The summed E-state index contributed by atoms with van der Waals surface area (Å²) in [6.45, 7) is 3.67. The van der Waals surface area contributed by atoms with Gasteiger partial charge < -0.3 is 14.6 Å². The van der Waals surface area contributed by atoms with Gasteiger partial charge in [0.15, 0.2) is 16.8 Å². The lowest BCUT2D eigenvalue weighted by molar-refractivity contribution is -0.113. The molecule has 2 aromatic carbocycles. The van der Waals surface area contributed by atoms with Gasteiger partial charge in [0.25, 0.3) is 0 Å². The van der Waals surface area contributed by atoms with Crippen molar-refractivity contribution in [1.29, 1.82) is 0 Å². The van der Waals surface area contributed by atoms with Crippen LogP contribution in [-0.2, 0) is 18.4 Å². The second-order valence-corrected chi connectivity index (χ2v) is 8.01. The minimum Gasteiger partial charge on any atom is -0.485 e. The fourth-order valence-corrected chi connectivity index (χ4v) is 3.59. The molecule has 0 unspecified atom stereocenters. The van der Waals surface area contributed by atoms with Gasteiger partial charge in [-0.3, -0.25) is 9.59 Å². The van der Waals surface area contributed by atoms with Crippen LogP contribution in [0.5, 0.6) is 5.75 Å². The van der Waals surface area contributed by atoms with Crippen molar-refractivity contribution in [3.05, 3.63) is 64.4 Å². The number of halogens is 1. The SMILES string of the molecule is CC(=O)c1ccc(NC(=O)CSc2nnc(COc3ccc(Cl)cc3C)n2C)cc1. The molecule has 9 heteroatoms. The maximum Gasteiger partial charge on any atom is 0.234 e. The molecule has 156 valence electrons. The predicted octanol–water partition coefficient (Wildman–Crippen LogP) is 4.29. The normalized spacial score (nSPS) is 10.7. The van der Waals surface area contributed by atoms with Crippen LogP contribution in [0.15, 0.2) is 47.6 Å². The number of nitrogens with zero attached hydrogens (tertiary/aromatic N) is 3. The second-order valence-electron chi connectivity index (χ2n) is 6.63. The van der Waals surface area contributed by atoms with E-state index in [4.69, 9.17) is 16.3 Å². The summed E-state index contributed by atoms with van der Waals surface area (Å²) in [5.41, 5.74) is 2.17. The largest absolute Gasteiger partial charge is 0.485 e. The molecular formula is C21H21ClN4O3S. The first kappa shape index (κ1) is 21.9. The molecule has 0 saturated carbocycles. The van der Waals surface area contributed by atoms with Crippen LogP contribution >= 0.6 is 23.4 Å². The predicted molar refractivity (Wildman–Crippen MR) is 117 cm³/mol. The summed E-state index contributed by atoms with van der Waals surface area (Å²) in [6, 6.07) is 12.2. The number of anilines is 1. The quantitative estimate of drug-likeness (QED) is 0.412. The van der Waals surface area contributed by atoms with Crippen LogP contribution in [0, 0.1) is 6.92 Å². The zero-order valence-electron chi connectivity index (χ0n) is 16.8. The smallest absolute Gasteiger partial charge is 0.234 e. The number of Topliss-reactive ketones (excluding diaryl/α,β-unsaturated/α-hetero) is 1. The molecule has 0 aliphatic heterocycles. The first-order chi connectivity index (χ1) is 14.3. The van der Waals surface area contributed by atoms with Crippen molar-refractivity contribution < 1.29 is 14.3 Å². The molecule has 3 rings (SSSR count). The monoisotopic (exact) mass is 444 g/mol. The molecule has 0 bridgehead atoms. The molecule has 1 heterocycles. The average Bonchev–Trinajstić information content (AvgIpc) is 3.06. The van der Waals surface area contributed by atoms with Gasteiger partial charge in [-0.25, -0.2) is 0 Å². The third kappa shape index (κ3) is 5.61. The summed E-state index contributed by atoms with van der Waals surface area (Å²) in [4.78, 5) is 23.5. The summed E-state index contributed by atoms with van der Waals surface area (Å²) in [5.74, 6) is 1.36. The number of hydrogen-bond acceptors (Lipinski definition) is 6. The standard InChI is InChI=1S/C21H21ClN4O3S/c1-13-10-16(22)6-9-18(13)29-11-19-24-25-21(26(19)3)30-12-20(28)23-17-7-4-15(5-8-17)14(2)27/h4-10H,11-12H2,1-3H3,(H,23,28). The van der Waals surface area contributed by atoms with Crippen molar-refractivity contribution in [3.63, 3.8) is 0 Å².